The van der Waals surface area contributed by atoms with Gasteiger partial charge in [-0.25, -0.2) is 9.80 Å². The molecule has 0 radical (unpaired) electrons. The smallest absolute Gasteiger partial charge is 0.266 e. The lowest BCUT2D eigenvalue weighted by Gasteiger charge is -2.23. The van der Waals surface area contributed by atoms with Gasteiger partial charge in [-0.1, -0.05) is 54.1 Å². The van der Waals surface area contributed by atoms with Crippen LogP contribution in [0.1, 0.15) is 116 Å². The predicted octanol–water partition coefficient (Wildman–Crippen LogP) is 8.99. The minimum atomic E-state index is -0.711. The predicted molar refractivity (Wildman–Crippen MR) is 227 cm³/mol. The van der Waals surface area contributed by atoms with Crippen LogP contribution in [0.25, 0.3) is 33.4 Å². The van der Waals surface area contributed by atoms with E-state index in [-0.39, 0.29) is 67.0 Å². The van der Waals surface area contributed by atoms with Crippen molar-refractivity contribution in [3.63, 3.8) is 0 Å². The summed E-state index contributed by atoms with van der Waals surface area (Å²) in [5.74, 6) is -5.01. The van der Waals surface area contributed by atoms with Crippen LogP contribution in [-0.4, -0.2) is 46.8 Å². The molecule has 60 heavy (non-hydrogen) atoms. The van der Waals surface area contributed by atoms with E-state index in [0.717, 1.165) is 26.5 Å². The largest absolute Gasteiger partial charge is 0.399 e. The molecule has 0 saturated carbocycles. The van der Waals surface area contributed by atoms with Gasteiger partial charge < -0.3 is 5.73 Å². The average molecular weight is 794 g/mol. The highest BCUT2D eigenvalue weighted by atomic mass is 16.2. The van der Waals surface area contributed by atoms with Gasteiger partial charge in [-0.05, 0) is 129 Å². The summed E-state index contributed by atoms with van der Waals surface area (Å²) in [5.41, 5.74) is 10.3. The highest BCUT2D eigenvalue weighted by molar-refractivity contribution is 6.37. The molecule has 2 aliphatic heterocycles. The third-order valence-corrected chi connectivity index (χ3v) is 11.0. The number of benzene rings is 6. The van der Waals surface area contributed by atoms with Gasteiger partial charge in [0.05, 0.1) is 33.6 Å². The van der Waals surface area contributed by atoms with E-state index in [1.807, 2.05) is 31.2 Å². The zero-order valence-corrected chi connectivity index (χ0v) is 33.1. The van der Waals surface area contributed by atoms with Crippen molar-refractivity contribution in [3.8, 4) is 33.4 Å². The highest BCUT2D eigenvalue weighted by Gasteiger charge is 2.41. The second kappa shape index (κ2) is 14.5. The molecule has 6 aromatic carbocycles. The summed E-state index contributed by atoms with van der Waals surface area (Å²) in [6.45, 7) is 6.91. The molecule has 294 valence electrons. The molecule has 6 aromatic rings. The maximum atomic E-state index is 14.1. The van der Waals surface area contributed by atoms with Crippen molar-refractivity contribution >= 4 is 63.8 Å². The molecule has 11 nitrogen and oxygen atoms in total. The summed E-state index contributed by atoms with van der Waals surface area (Å²) in [6.07, 6.45) is 0. The number of nitrogens with two attached hydrogens (primary N) is 1. The Morgan fingerprint density at radius 2 is 0.717 bits per heavy atom. The first-order valence-electron chi connectivity index (χ1n) is 18.9. The summed E-state index contributed by atoms with van der Waals surface area (Å²) in [4.78, 5) is 112. The zero-order valence-electron chi connectivity index (χ0n) is 33.1. The number of carbonyl (C=O) groups is 8. The zero-order chi connectivity index (χ0) is 42.9. The number of nitrogens with zero attached hydrogens (tertiary/aromatic N) is 2. The van der Waals surface area contributed by atoms with Crippen LogP contribution in [0.3, 0.4) is 0 Å². The third kappa shape index (κ3) is 6.33. The minimum Gasteiger partial charge on any atom is -0.399 e. The molecule has 0 atom stereocenters. The van der Waals surface area contributed by atoms with Gasteiger partial charge in [0.2, 0.25) is 0 Å². The van der Waals surface area contributed by atoms with E-state index in [9.17, 15) is 38.4 Å². The molecule has 0 unspecified atom stereocenters. The van der Waals surface area contributed by atoms with E-state index in [1.54, 1.807) is 54.6 Å². The van der Waals surface area contributed by atoms with Crippen LogP contribution >= 0.6 is 0 Å². The Kier molecular flexibility index (Phi) is 9.39. The third-order valence-electron chi connectivity index (χ3n) is 11.0. The Hall–Kier alpha value is -7.92. The first-order valence-corrected chi connectivity index (χ1v) is 18.9. The molecule has 0 spiro atoms. The average Bonchev–Trinajstić information content (AvgIpc) is 3.62. The normalized spacial score (nSPS) is 13.2. The van der Waals surface area contributed by atoms with Crippen molar-refractivity contribution in [2.45, 2.75) is 34.6 Å². The van der Waals surface area contributed by atoms with Crippen LogP contribution in [0.4, 0.5) is 17.1 Å². The molecule has 2 aliphatic rings. The van der Waals surface area contributed by atoms with Gasteiger partial charge in [-0.2, -0.15) is 0 Å². The number of Topliss-reactive ketones (excluding diaryl/α,β-unsaturated/α-hetero) is 4. The van der Waals surface area contributed by atoms with E-state index in [1.165, 1.54) is 58.0 Å². The molecule has 11 heteroatoms. The standard InChI is InChI=1S/C49H35N3O8/c1-24-6-8-29(9-7-24)31-12-16-34-42(18-31)48(59)51(46(34)57)44-22-36(25(2)53)40(20-38(44)27(4)55)41-21-39(28(5)56)45(23-37(41)26(3)54)52-47(58)35-17-13-32(19-43(35)49(52)60)30-10-14-33(50)15-11-30/h6-23H,50H2,1-5H3. The lowest BCUT2D eigenvalue weighted by Crippen LogP contribution is -2.31. The van der Waals surface area contributed by atoms with Crippen molar-refractivity contribution in [3.05, 3.63) is 159 Å². The van der Waals surface area contributed by atoms with Crippen LogP contribution in [0.5, 0.6) is 0 Å². The maximum absolute atomic E-state index is 14.1. The van der Waals surface area contributed by atoms with Crippen LogP contribution < -0.4 is 15.5 Å². The van der Waals surface area contributed by atoms with Crippen LogP contribution in [0.2, 0.25) is 0 Å². The maximum Gasteiger partial charge on any atom is 0.266 e. The minimum absolute atomic E-state index is 0.0584. The Morgan fingerprint density at radius 1 is 0.383 bits per heavy atom. The Balaban J connectivity index is 1.24. The molecule has 0 bridgehead atoms. The fourth-order valence-electron chi connectivity index (χ4n) is 7.84. The second-order valence-corrected chi connectivity index (χ2v) is 15.0. The lowest BCUT2D eigenvalue weighted by atomic mass is 9.87. The van der Waals surface area contributed by atoms with E-state index in [0.29, 0.717) is 16.8 Å². The number of carbonyl (C=O) groups excluding carboxylic acids is 8. The van der Waals surface area contributed by atoms with Crippen molar-refractivity contribution in [1.29, 1.82) is 0 Å². The molecule has 2 heterocycles. The highest BCUT2D eigenvalue weighted by Crippen LogP contribution is 2.42. The van der Waals surface area contributed by atoms with Gasteiger partial charge in [-0.15, -0.1) is 0 Å². The lowest BCUT2D eigenvalue weighted by molar-refractivity contribution is 0.0908. The molecule has 0 fully saturated rings. The topological polar surface area (TPSA) is 169 Å². The molecular weight excluding hydrogens is 759 g/mol. The number of amides is 4. The summed E-state index contributed by atoms with van der Waals surface area (Å²) in [7, 11) is 0. The Morgan fingerprint density at radius 3 is 1.08 bits per heavy atom. The number of hydrogen-bond acceptors (Lipinski definition) is 9. The van der Waals surface area contributed by atoms with Crippen LogP contribution in [0, 0.1) is 6.92 Å². The van der Waals surface area contributed by atoms with Crippen LogP contribution in [0.15, 0.2) is 109 Å². The van der Waals surface area contributed by atoms with E-state index in [2.05, 4.69) is 0 Å². The fourth-order valence-corrected chi connectivity index (χ4v) is 7.84. The summed E-state index contributed by atoms with van der Waals surface area (Å²) in [5, 5.41) is 0. The number of rotatable bonds is 9. The SMILES string of the molecule is CC(=O)c1cc(N2C(=O)c3ccc(-c4ccc(C)cc4)cc3C2=O)c(C(C)=O)cc1-c1cc(C(C)=O)c(N2C(=O)c3ccc(-c4ccc(N)cc4)cc3C2=O)cc1C(C)=O. The van der Waals surface area contributed by atoms with E-state index >= 15 is 0 Å². The molecule has 0 aliphatic carbocycles. The molecular formula is C49H35N3O8. The number of aryl methyl sites for hydroxylation is 1. The number of imide groups is 2. The van der Waals surface area contributed by atoms with Crippen molar-refractivity contribution in [2.24, 2.45) is 0 Å². The van der Waals surface area contributed by atoms with Gasteiger partial charge in [0.25, 0.3) is 23.6 Å². The molecule has 0 saturated heterocycles. The van der Waals surface area contributed by atoms with Gasteiger partial charge in [-0.3, -0.25) is 38.4 Å². The van der Waals surface area contributed by atoms with Crippen molar-refractivity contribution < 1.29 is 38.4 Å². The number of fused-ring (bicyclic) bond motifs is 2. The molecule has 0 aromatic heterocycles. The van der Waals surface area contributed by atoms with E-state index < -0.39 is 46.8 Å². The monoisotopic (exact) mass is 793 g/mol. The summed E-state index contributed by atoms with van der Waals surface area (Å²) >= 11 is 0. The van der Waals surface area contributed by atoms with Gasteiger partial charge in [0, 0.05) is 27.9 Å². The number of nitrogen functional groups attached to an aromatic ring is 1. The fraction of sp³-hybridized carbons (Fsp3) is 0.102. The van der Waals surface area contributed by atoms with Gasteiger partial charge in [0.1, 0.15) is 0 Å². The number of hydrogen-bond donors (Lipinski definition) is 1. The quantitative estimate of drug-likeness (QED) is 0.0853. The number of anilines is 3. The van der Waals surface area contributed by atoms with Gasteiger partial charge >= 0.3 is 0 Å². The summed E-state index contributed by atoms with van der Waals surface area (Å²) < 4.78 is 0. The summed E-state index contributed by atoms with van der Waals surface area (Å²) in [6, 6.07) is 29.5. The number of ketones is 4. The Bertz CT molecular complexity index is 2780. The van der Waals surface area contributed by atoms with Crippen LogP contribution in [-0.2, 0) is 0 Å². The second-order valence-electron chi connectivity index (χ2n) is 15.0. The van der Waals surface area contributed by atoms with Crippen molar-refractivity contribution in [2.75, 3.05) is 15.5 Å². The first kappa shape index (κ1) is 38.9. The molecule has 4 amide bonds. The molecule has 2 N–H and O–H groups in total. The Labute approximate surface area is 344 Å². The van der Waals surface area contributed by atoms with Crippen molar-refractivity contribution in [1.82, 2.24) is 0 Å². The molecule has 8 rings (SSSR count). The first-order chi connectivity index (χ1) is 28.5. The van der Waals surface area contributed by atoms with E-state index in [4.69, 9.17) is 5.73 Å². The van der Waals surface area contributed by atoms with Gasteiger partial charge in [0.15, 0.2) is 23.1 Å².